The molecule has 0 aliphatic heterocycles. The minimum Gasteiger partial charge on any atom is -0.478 e. The van der Waals surface area contributed by atoms with Crippen molar-refractivity contribution in [3.63, 3.8) is 0 Å². The number of carbonyl (C=O) groups is 3. The lowest BCUT2D eigenvalue weighted by atomic mass is 10.2. The Morgan fingerprint density at radius 2 is 1.41 bits per heavy atom. The van der Waals surface area contributed by atoms with E-state index in [9.17, 15) is 14.4 Å². The molecule has 0 bridgehead atoms. The minimum absolute atomic E-state index is 0.330. The zero-order valence-corrected chi connectivity index (χ0v) is 17.3. The van der Waals surface area contributed by atoms with Crippen LogP contribution in [0.3, 0.4) is 0 Å². The number of hydrogen-bond donors (Lipinski definition) is 1. The van der Waals surface area contributed by atoms with Gasteiger partial charge in [0.2, 0.25) is 0 Å². The summed E-state index contributed by atoms with van der Waals surface area (Å²) in [5, 5.41) is 8.14. The van der Waals surface area contributed by atoms with Gasteiger partial charge in [0.25, 0.3) is 0 Å². The maximum Gasteiger partial charge on any atom is 0.331 e. The molecule has 6 heteroatoms. The molecule has 0 saturated carbocycles. The van der Waals surface area contributed by atoms with E-state index in [-0.39, 0.29) is 5.97 Å². The molecule has 0 aromatic heterocycles. The molecule has 0 spiro atoms. The molecule has 0 aliphatic carbocycles. The Bertz CT molecular complexity index is 620. The van der Waals surface area contributed by atoms with Gasteiger partial charge in [-0.25, -0.2) is 14.4 Å². The Labute approximate surface area is 173 Å². The first-order chi connectivity index (χ1) is 13.9. The minimum atomic E-state index is -1.15. The lowest BCUT2D eigenvalue weighted by molar-refractivity contribution is -0.139. The summed E-state index contributed by atoms with van der Waals surface area (Å²) >= 11 is 0. The molecule has 0 atom stereocenters. The second-order valence-corrected chi connectivity index (χ2v) is 5.53. The van der Waals surface area contributed by atoms with Crippen LogP contribution in [-0.2, 0) is 23.9 Å². The molecule has 29 heavy (non-hydrogen) atoms. The molecule has 0 heterocycles. The molecule has 0 fully saturated rings. The monoisotopic (exact) mass is 404 g/mol. The Kier molecular flexibility index (Phi) is 20.5. The van der Waals surface area contributed by atoms with E-state index in [1.54, 1.807) is 0 Å². The molecule has 0 amide bonds. The van der Waals surface area contributed by atoms with Crippen LogP contribution in [-0.4, -0.2) is 36.2 Å². The number of ether oxygens (including phenoxy) is 2. The van der Waals surface area contributed by atoms with Crippen molar-refractivity contribution in [3.8, 4) is 0 Å². The van der Waals surface area contributed by atoms with E-state index in [1.165, 1.54) is 11.6 Å². The zero-order valence-electron chi connectivity index (χ0n) is 17.3. The first-order valence-electron chi connectivity index (χ1n) is 9.45. The van der Waals surface area contributed by atoms with Gasteiger partial charge in [-0.1, -0.05) is 76.3 Å². The molecular weight excluding hydrogens is 372 g/mol. The Hall–Kier alpha value is -3.15. The summed E-state index contributed by atoms with van der Waals surface area (Å²) in [5.41, 5.74) is 1.17. The predicted octanol–water partition coefficient (Wildman–Crippen LogP) is 4.82. The van der Waals surface area contributed by atoms with Crippen LogP contribution in [0.15, 0.2) is 61.7 Å². The molecule has 1 N–H and O–H groups in total. The molecule has 1 aromatic rings. The SMILES string of the molecule is C=CC(=O)OCCCC.C=Cc1ccccc1.CCCCOC(=O)/C=C\C(=O)O. The maximum absolute atomic E-state index is 10.6. The van der Waals surface area contributed by atoms with Crippen molar-refractivity contribution in [3.05, 3.63) is 67.3 Å². The zero-order chi connectivity index (χ0) is 22.3. The van der Waals surface area contributed by atoms with Gasteiger partial charge in [0.1, 0.15) is 0 Å². The molecule has 1 rings (SSSR count). The normalized spacial score (nSPS) is 9.17. The lowest BCUT2D eigenvalue weighted by Crippen LogP contribution is -2.02. The molecule has 6 nitrogen and oxygen atoms in total. The van der Waals surface area contributed by atoms with Gasteiger partial charge >= 0.3 is 17.9 Å². The summed E-state index contributed by atoms with van der Waals surface area (Å²) in [6.07, 6.45) is 8.38. The fourth-order valence-electron chi connectivity index (χ4n) is 1.47. The molecule has 0 radical (unpaired) electrons. The van der Waals surface area contributed by atoms with Crippen LogP contribution in [0.4, 0.5) is 0 Å². The standard InChI is InChI=1S/C8H12O4.C8H8.C7H12O2/c1-2-3-6-12-8(11)5-4-7(9)10;1-2-8-6-4-3-5-7-8;1-3-5-6-9-7(8)4-2/h4-5H,2-3,6H2,1H3,(H,9,10);2-7H,1H2;4H,2-3,5-6H2,1H3/b5-4-;;. The number of aliphatic carboxylic acids is 1. The molecule has 0 unspecified atom stereocenters. The topological polar surface area (TPSA) is 89.9 Å². The Morgan fingerprint density at radius 3 is 1.79 bits per heavy atom. The van der Waals surface area contributed by atoms with Crippen LogP contribution < -0.4 is 0 Å². The summed E-state index contributed by atoms with van der Waals surface area (Å²) in [4.78, 5) is 30.9. The van der Waals surface area contributed by atoms with Gasteiger partial charge in [0.05, 0.1) is 13.2 Å². The molecule has 0 aliphatic rings. The summed E-state index contributed by atoms with van der Waals surface area (Å²) in [5.74, 6) is -2.09. The highest BCUT2D eigenvalue weighted by molar-refractivity contribution is 5.90. The average molecular weight is 405 g/mol. The summed E-state index contributed by atoms with van der Waals surface area (Å²) in [6.45, 7) is 11.8. The molecular formula is C23H32O6. The van der Waals surface area contributed by atoms with Gasteiger partial charge in [-0.15, -0.1) is 0 Å². The van der Waals surface area contributed by atoms with E-state index in [0.717, 1.165) is 37.8 Å². The third-order valence-corrected chi connectivity index (χ3v) is 3.05. The highest BCUT2D eigenvalue weighted by Crippen LogP contribution is 1.97. The number of esters is 2. The van der Waals surface area contributed by atoms with Crippen LogP contribution in [0.2, 0.25) is 0 Å². The van der Waals surface area contributed by atoms with Crippen LogP contribution in [0.25, 0.3) is 6.08 Å². The van der Waals surface area contributed by atoms with Gasteiger partial charge in [0, 0.05) is 18.2 Å². The van der Waals surface area contributed by atoms with Crippen LogP contribution in [0.5, 0.6) is 0 Å². The third-order valence-electron chi connectivity index (χ3n) is 3.05. The van der Waals surface area contributed by atoms with Gasteiger partial charge in [-0.2, -0.15) is 0 Å². The van der Waals surface area contributed by atoms with Crippen molar-refractivity contribution in [2.45, 2.75) is 39.5 Å². The fraction of sp³-hybridized carbons (Fsp3) is 0.348. The average Bonchev–Trinajstić information content (AvgIpc) is 2.74. The maximum atomic E-state index is 10.6. The van der Waals surface area contributed by atoms with Crippen molar-refractivity contribution in [2.75, 3.05) is 13.2 Å². The highest BCUT2D eigenvalue weighted by Gasteiger charge is 1.96. The van der Waals surface area contributed by atoms with E-state index < -0.39 is 11.9 Å². The van der Waals surface area contributed by atoms with Gasteiger partial charge in [-0.3, -0.25) is 0 Å². The Balaban J connectivity index is 0. The van der Waals surface area contributed by atoms with Crippen molar-refractivity contribution in [1.29, 1.82) is 0 Å². The predicted molar refractivity (Wildman–Crippen MR) is 115 cm³/mol. The van der Waals surface area contributed by atoms with E-state index in [2.05, 4.69) is 22.6 Å². The van der Waals surface area contributed by atoms with Crippen molar-refractivity contribution < 1.29 is 29.0 Å². The first kappa shape index (κ1) is 28.1. The molecule has 1 aromatic carbocycles. The number of carboxylic acid groups (broad SMARTS) is 1. The number of carboxylic acids is 1. The highest BCUT2D eigenvalue weighted by atomic mass is 16.5. The number of carbonyl (C=O) groups excluding carboxylic acids is 2. The van der Waals surface area contributed by atoms with Crippen molar-refractivity contribution >= 4 is 24.0 Å². The first-order valence-corrected chi connectivity index (χ1v) is 9.45. The van der Waals surface area contributed by atoms with E-state index >= 15 is 0 Å². The molecule has 0 saturated heterocycles. The summed E-state index contributed by atoms with van der Waals surface area (Å²) in [7, 11) is 0. The van der Waals surface area contributed by atoms with Crippen LogP contribution in [0, 0.1) is 0 Å². The van der Waals surface area contributed by atoms with Crippen LogP contribution >= 0.6 is 0 Å². The van der Waals surface area contributed by atoms with Gasteiger partial charge < -0.3 is 14.6 Å². The molecule has 160 valence electrons. The smallest absolute Gasteiger partial charge is 0.331 e. The van der Waals surface area contributed by atoms with Crippen molar-refractivity contribution in [1.82, 2.24) is 0 Å². The van der Waals surface area contributed by atoms with Crippen molar-refractivity contribution in [2.24, 2.45) is 0 Å². The number of rotatable bonds is 10. The summed E-state index contributed by atoms with van der Waals surface area (Å²) in [6, 6.07) is 10.0. The van der Waals surface area contributed by atoms with Crippen LogP contribution in [0.1, 0.15) is 45.1 Å². The van der Waals surface area contributed by atoms with E-state index in [4.69, 9.17) is 5.11 Å². The van der Waals surface area contributed by atoms with E-state index in [0.29, 0.717) is 13.2 Å². The quantitative estimate of drug-likeness (QED) is 0.342. The van der Waals surface area contributed by atoms with Gasteiger partial charge in [-0.05, 0) is 18.4 Å². The second-order valence-electron chi connectivity index (χ2n) is 5.53. The second kappa shape index (κ2) is 21.2. The largest absolute Gasteiger partial charge is 0.478 e. The number of unbranched alkanes of at least 4 members (excludes halogenated alkanes) is 2. The fourth-order valence-corrected chi connectivity index (χ4v) is 1.47. The number of benzene rings is 1. The third kappa shape index (κ3) is 22.8. The summed E-state index contributed by atoms with van der Waals surface area (Å²) < 4.78 is 9.32. The lowest BCUT2D eigenvalue weighted by Gasteiger charge is -1.97. The van der Waals surface area contributed by atoms with Gasteiger partial charge in [0.15, 0.2) is 0 Å². The van der Waals surface area contributed by atoms with E-state index in [1.807, 2.05) is 50.3 Å². The number of hydrogen-bond acceptors (Lipinski definition) is 5. The Morgan fingerprint density at radius 1 is 0.897 bits per heavy atom.